The second kappa shape index (κ2) is 5.38. The number of nitro groups is 1. The van der Waals surface area contributed by atoms with Crippen LogP contribution in [-0.2, 0) is 4.79 Å². The van der Waals surface area contributed by atoms with Crippen molar-refractivity contribution in [3.63, 3.8) is 0 Å². The summed E-state index contributed by atoms with van der Waals surface area (Å²) in [6.07, 6.45) is 1.75. The number of hydrogen-bond donors (Lipinski definition) is 0. The van der Waals surface area contributed by atoms with E-state index in [-0.39, 0.29) is 11.6 Å². The van der Waals surface area contributed by atoms with E-state index in [0.29, 0.717) is 5.57 Å². The first-order valence-corrected chi connectivity index (χ1v) is 7.31. The number of benzene rings is 2. The van der Waals surface area contributed by atoms with Gasteiger partial charge in [0.15, 0.2) is 0 Å². The molecule has 0 N–H and O–H groups in total. The highest BCUT2D eigenvalue weighted by Crippen LogP contribution is 2.38. The van der Waals surface area contributed by atoms with Crippen molar-refractivity contribution in [1.82, 2.24) is 0 Å². The molecular formula is C16H11BrN2O3. The number of anilines is 1. The normalized spacial score (nSPS) is 15.3. The fourth-order valence-corrected chi connectivity index (χ4v) is 2.78. The molecule has 1 amide bonds. The van der Waals surface area contributed by atoms with Gasteiger partial charge < -0.3 is 4.90 Å². The largest absolute Gasteiger partial charge is 0.311 e. The molecule has 5 nitrogen and oxygen atoms in total. The minimum Gasteiger partial charge on any atom is -0.311 e. The molecule has 1 aliphatic rings. The van der Waals surface area contributed by atoms with E-state index in [1.807, 2.05) is 18.2 Å². The summed E-state index contributed by atoms with van der Waals surface area (Å²) < 4.78 is 0.893. The van der Waals surface area contributed by atoms with Crippen molar-refractivity contribution >= 4 is 44.9 Å². The Balaban J connectivity index is 2.06. The molecular weight excluding hydrogens is 348 g/mol. The van der Waals surface area contributed by atoms with E-state index in [1.165, 1.54) is 12.1 Å². The molecule has 0 radical (unpaired) electrons. The molecule has 0 bridgehead atoms. The highest BCUT2D eigenvalue weighted by molar-refractivity contribution is 9.10. The van der Waals surface area contributed by atoms with Crippen molar-refractivity contribution < 1.29 is 9.72 Å². The number of halogens is 1. The summed E-state index contributed by atoms with van der Waals surface area (Å²) in [7, 11) is 1.73. The molecule has 1 aliphatic heterocycles. The topological polar surface area (TPSA) is 63.5 Å². The van der Waals surface area contributed by atoms with Crippen molar-refractivity contribution in [3.05, 3.63) is 68.2 Å². The molecule has 2 aromatic carbocycles. The van der Waals surface area contributed by atoms with Crippen LogP contribution in [0.2, 0.25) is 0 Å². The van der Waals surface area contributed by atoms with Gasteiger partial charge in [-0.2, -0.15) is 0 Å². The lowest BCUT2D eigenvalue weighted by molar-refractivity contribution is -0.384. The molecule has 22 heavy (non-hydrogen) atoms. The zero-order valence-corrected chi connectivity index (χ0v) is 13.2. The van der Waals surface area contributed by atoms with Crippen LogP contribution in [0.5, 0.6) is 0 Å². The van der Waals surface area contributed by atoms with Crippen LogP contribution in [0.1, 0.15) is 11.1 Å². The Labute approximate surface area is 135 Å². The monoisotopic (exact) mass is 358 g/mol. The minimum atomic E-state index is -0.447. The zero-order valence-electron chi connectivity index (χ0n) is 11.6. The summed E-state index contributed by atoms with van der Waals surface area (Å²) in [5.41, 5.74) is 3.05. The van der Waals surface area contributed by atoms with Gasteiger partial charge in [0.25, 0.3) is 11.6 Å². The van der Waals surface area contributed by atoms with Crippen LogP contribution in [0.25, 0.3) is 11.6 Å². The molecule has 1 heterocycles. The quantitative estimate of drug-likeness (QED) is 0.465. The van der Waals surface area contributed by atoms with Gasteiger partial charge in [-0.05, 0) is 42.0 Å². The Bertz CT molecular complexity index is 813. The van der Waals surface area contributed by atoms with E-state index in [9.17, 15) is 14.9 Å². The number of hydrogen-bond acceptors (Lipinski definition) is 3. The van der Waals surface area contributed by atoms with E-state index in [4.69, 9.17) is 0 Å². The maximum atomic E-state index is 12.4. The molecule has 6 heteroatoms. The number of carbonyl (C=O) groups is 1. The van der Waals surface area contributed by atoms with E-state index in [0.717, 1.165) is 21.3 Å². The average Bonchev–Trinajstić information content (AvgIpc) is 2.72. The number of rotatable bonds is 2. The molecule has 0 saturated heterocycles. The van der Waals surface area contributed by atoms with Crippen LogP contribution >= 0.6 is 15.9 Å². The van der Waals surface area contributed by atoms with Gasteiger partial charge in [-0.1, -0.05) is 15.9 Å². The third-order valence-corrected chi connectivity index (χ3v) is 4.05. The Morgan fingerprint density at radius 2 is 1.86 bits per heavy atom. The molecule has 110 valence electrons. The Morgan fingerprint density at radius 3 is 2.50 bits per heavy atom. The molecule has 0 fully saturated rings. The standard InChI is InChI=1S/C16H11BrN2O3/c1-18-15-7-4-11(17)9-13(15)14(16(18)20)8-10-2-5-12(6-3-10)19(21)22/h2-9H,1H3. The molecule has 0 atom stereocenters. The van der Waals surface area contributed by atoms with Crippen LogP contribution in [0.3, 0.4) is 0 Å². The Morgan fingerprint density at radius 1 is 1.18 bits per heavy atom. The fourth-order valence-electron chi connectivity index (χ4n) is 2.42. The molecule has 2 aromatic rings. The third kappa shape index (κ3) is 2.42. The van der Waals surface area contributed by atoms with E-state index in [1.54, 1.807) is 30.2 Å². The smallest absolute Gasteiger partial charge is 0.269 e. The van der Waals surface area contributed by atoms with Crippen LogP contribution in [-0.4, -0.2) is 17.9 Å². The van der Waals surface area contributed by atoms with Crippen molar-refractivity contribution in [1.29, 1.82) is 0 Å². The predicted molar refractivity (Wildman–Crippen MR) is 88.5 cm³/mol. The lowest BCUT2D eigenvalue weighted by atomic mass is 10.0. The highest BCUT2D eigenvalue weighted by atomic mass is 79.9. The average molecular weight is 359 g/mol. The van der Waals surface area contributed by atoms with Crippen molar-refractivity contribution in [2.75, 3.05) is 11.9 Å². The summed E-state index contributed by atoms with van der Waals surface area (Å²) in [6, 6.07) is 11.8. The van der Waals surface area contributed by atoms with Crippen molar-refractivity contribution in [3.8, 4) is 0 Å². The fraction of sp³-hybridized carbons (Fsp3) is 0.0625. The van der Waals surface area contributed by atoms with Gasteiger partial charge in [0, 0.05) is 34.8 Å². The molecule has 0 saturated carbocycles. The van der Waals surface area contributed by atoms with Crippen LogP contribution < -0.4 is 4.90 Å². The zero-order chi connectivity index (χ0) is 15.9. The summed E-state index contributed by atoms with van der Waals surface area (Å²) in [5.74, 6) is -0.0912. The van der Waals surface area contributed by atoms with Crippen LogP contribution in [0, 0.1) is 10.1 Å². The Kier molecular flexibility index (Phi) is 3.54. The summed E-state index contributed by atoms with van der Waals surface area (Å²) in [6.45, 7) is 0. The van der Waals surface area contributed by atoms with Gasteiger partial charge in [0.2, 0.25) is 0 Å². The molecule has 0 spiro atoms. The van der Waals surface area contributed by atoms with E-state index in [2.05, 4.69) is 15.9 Å². The van der Waals surface area contributed by atoms with Gasteiger partial charge in [-0.15, -0.1) is 0 Å². The SMILES string of the molecule is CN1C(=O)C(=Cc2ccc([N+](=O)[O-])cc2)c2cc(Br)ccc21. The second-order valence-electron chi connectivity index (χ2n) is 4.93. The molecule has 0 unspecified atom stereocenters. The predicted octanol–water partition coefficient (Wildman–Crippen LogP) is 3.87. The first-order chi connectivity index (χ1) is 10.5. The van der Waals surface area contributed by atoms with Gasteiger partial charge in [-0.25, -0.2) is 0 Å². The number of nitro benzene ring substituents is 1. The molecule has 0 aromatic heterocycles. The highest BCUT2D eigenvalue weighted by Gasteiger charge is 2.29. The van der Waals surface area contributed by atoms with Gasteiger partial charge in [0.1, 0.15) is 0 Å². The summed E-state index contributed by atoms with van der Waals surface area (Å²) in [5, 5.41) is 10.7. The number of nitrogens with zero attached hydrogens (tertiary/aromatic N) is 2. The Hall–Kier alpha value is -2.47. The number of likely N-dealkylation sites (N-methyl/N-ethyl adjacent to an activating group) is 1. The molecule has 3 rings (SSSR count). The van der Waals surface area contributed by atoms with Crippen LogP contribution in [0.4, 0.5) is 11.4 Å². The number of non-ortho nitro benzene ring substituents is 1. The lowest BCUT2D eigenvalue weighted by Gasteiger charge is -2.08. The lowest BCUT2D eigenvalue weighted by Crippen LogP contribution is -2.20. The van der Waals surface area contributed by atoms with E-state index < -0.39 is 4.92 Å². The first-order valence-electron chi connectivity index (χ1n) is 6.51. The number of carbonyl (C=O) groups excluding carboxylic acids is 1. The number of fused-ring (bicyclic) bond motifs is 1. The maximum Gasteiger partial charge on any atom is 0.269 e. The first kappa shape index (κ1) is 14.5. The summed E-state index contributed by atoms with van der Waals surface area (Å²) >= 11 is 3.41. The third-order valence-electron chi connectivity index (χ3n) is 3.56. The maximum absolute atomic E-state index is 12.4. The van der Waals surface area contributed by atoms with Crippen LogP contribution in [0.15, 0.2) is 46.9 Å². The number of amides is 1. The minimum absolute atomic E-state index is 0.0279. The van der Waals surface area contributed by atoms with Gasteiger partial charge in [-0.3, -0.25) is 14.9 Å². The second-order valence-corrected chi connectivity index (χ2v) is 5.85. The summed E-state index contributed by atoms with van der Waals surface area (Å²) in [4.78, 5) is 24.2. The van der Waals surface area contributed by atoms with Crippen molar-refractivity contribution in [2.24, 2.45) is 0 Å². The van der Waals surface area contributed by atoms with Gasteiger partial charge in [0.05, 0.1) is 10.6 Å². The van der Waals surface area contributed by atoms with E-state index >= 15 is 0 Å². The van der Waals surface area contributed by atoms with Gasteiger partial charge >= 0.3 is 0 Å². The van der Waals surface area contributed by atoms with Crippen molar-refractivity contribution in [2.45, 2.75) is 0 Å². The molecule has 0 aliphatic carbocycles.